The van der Waals surface area contributed by atoms with Gasteiger partial charge in [0, 0.05) is 43.1 Å². The monoisotopic (exact) mass is 593 g/mol. The van der Waals surface area contributed by atoms with Gasteiger partial charge in [-0.15, -0.1) is 0 Å². The molecule has 0 unspecified atom stereocenters. The van der Waals surface area contributed by atoms with E-state index in [-0.39, 0.29) is 23.7 Å². The van der Waals surface area contributed by atoms with E-state index in [0.29, 0.717) is 52.7 Å². The molecular weight excluding hydrogens is 566 g/mol. The zero-order valence-corrected chi connectivity index (χ0v) is 23.9. The largest absolute Gasteiger partial charge is 0.492 e. The summed E-state index contributed by atoms with van der Waals surface area (Å²) in [6.45, 7) is 4.22. The maximum atomic E-state index is 13.8. The van der Waals surface area contributed by atoms with Crippen LogP contribution in [0.2, 0.25) is 0 Å². The summed E-state index contributed by atoms with van der Waals surface area (Å²) in [6, 6.07) is 8.48. The van der Waals surface area contributed by atoms with E-state index in [1.54, 1.807) is 57.5 Å². The SMILES string of the molecule is COc1c2c(c(Br)c3c1OCO3)CCN(C)C(C(=O)c1cccc(NC(=O)c3c(C)cc(C)n(C)c3=O)c1)=C2. The second-order valence-electron chi connectivity index (χ2n) is 9.58. The van der Waals surface area contributed by atoms with Gasteiger partial charge in [-0.3, -0.25) is 14.4 Å². The van der Waals surface area contributed by atoms with Crippen LogP contribution in [-0.4, -0.2) is 48.7 Å². The molecular formula is C29H28BrN3O6. The molecule has 0 atom stereocenters. The Morgan fingerprint density at radius 3 is 2.59 bits per heavy atom. The summed E-state index contributed by atoms with van der Waals surface area (Å²) in [5.74, 6) is 0.858. The molecule has 0 fully saturated rings. The second kappa shape index (κ2) is 10.3. The molecule has 9 nitrogen and oxygen atoms in total. The number of likely N-dealkylation sites (N-methyl/N-ethyl adjacent to an activating group) is 1. The van der Waals surface area contributed by atoms with Crippen molar-refractivity contribution in [1.82, 2.24) is 9.47 Å². The number of benzene rings is 2. The maximum Gasteiger partial charge on any atom is 0.263 e. The van der Waals surface area contributed by atoms with Crippen molar-refractivity contribution in [2.45, 2.75) is 20.3 Å². The molecule has 2 aliphatic heterocycles. The van der Waals surface area contributed by atoms with E-state index in [0.717, 1.165) is 21.3 Å². The van der Waals surface area contributed by atoms with Gasteiger partial charge in [0.25, 0.3) is 11.5 Å². The van der Waals surface area contributed by atoms with Crippen LogP contribution in [0.15, 0.2) is 45.3 Å². The first-order valence-electron chi connectivity index (χ1n) is 12.4. The molecule has 10 heteroatoms. The van der Waals surface area contributed by atoms with Crippen LogP contribution >= 0.6 is 15.9 Å². The minimum absolute atomic E-state index is 0.0686. The van der Waals surface area contributed by atoms with Gasteiger partial charge in [-0.05, 0) is 71.6 Å². The number of carbonyl (C=O) groups excluding carboxylic acids is 2. The molecule has 1 amide bonds. The number of amides is 1. The number of allylic oxidation sites excluding steroid dienone is 1. The highest BCUT2D eigenvalue weighted by Gasteiger charge is 2.31. The zero-order chi connectivity index (χ0) is 28.0. The van der Waals surface area contributed by atoms with Crippen LogP contribution in [0.25, 0.3) is 6.08 Å². The summed E-state index contributed by atoms with van der Waals surface area (Å²) in [6.07, 6.45) is 2.45. The number of methoxy groups -OCH3 is 1. The number of hydrogen-bond donors (Lipinski definition) is 1. The molecule has 3 heterocycles. The molecule has 39 heavy (non-hydrogen) atoms. The Labute approximate surface area is 234 Å². The van der Waals surface area contributed by atoms with E-state index in [1.807, 2.05) is 18.9 Å². The average Bonchev–Trinajstić information content (AvgIpc) is 3.33. The lowest BCUT2D eigenvalue weighted by Gasteiger charge is -2.20. The van der Waals surface area contributed by atoms with Gasteiger partial charge in [0.15, 0.2) is 11.5 Å². The predicted molar refractivity (Wildman–Crippen MR) is 151 cm³/mol. The summed E-state index contributed by atoms with van der Waals surface area (Å²) in [7, 11) is 5.05. The number of aryl methyl sites for hydroxylation is 2. The quantitative estimate of drug-likeness (QED) is 0.436. The van der Waals surface area contributed by atoms with Crippen molar-refractivity contribution < 1.29 is 23.8 Å². The van der Waals surface area contributed by atoms with Crippen LogP contribution in [0.1, 0.15) is 43.1 Å². The van der Waals surface area contributed by atoms with Crippen molar-refractivity contribution in [3.05, 3.63) is 84.4 Å². The number of ether oxygens (including phenoxy) is 3. The third-order valence-electron chi connectivity index (χ3n) is 7.16. The van der Waals surface area contributed by atoms with E-state index in [2.05, 4.69) is 21.2 Å². The van der Waals surface area contributed by atoms with Crippen molar-refractivity contribution in [2.75, 3.05) is 32.8 Å². The van der Waals surface area contributed by atoms with Crippen molar-refractivity contribution in [3.8, 4) is 17.2 Å². The van der Waals surface area contributed by atoms with E-state index < -0.39 is 5.91 Å². The fourth-order valence-electron chi connectivity index (χ4n) is 4.94. The third kappa shape index (κ3) is 4.58. The molecule has 0 radical (unpaired) electrons. The van der Waals surface area contributed by atoms with Gasteiger partial charge in [0.2, 0.25) is 18.3 Å². The fraction of sp³-hybridized carbons (Fsp3) is 0.276. The second-order valence-corrected chi connectivity index (χ2v) is 10.4. The standard InChI is InChI=1S/C29H28BrN3O6/c1-15-11-16(2)33(4)29(36)22(15)28(35)31-18-8-6-7-17(12-18)24(34)21-13-20-19(9-10-32(21)3)23(30)26-27(25(20)37-5)39-14-38-26/h6-8,11-13H,9-10,14H2,1-5H3,(H,31,35). The number of nitrogens with one attached hydrogen (secondary N) is 1. The number of fused-ring (bicyclic) bond motifs is 2. The van der Waals surface area contributed by atoms with Gasteiger partial charge in [0.05, 0.1) is 17.3 Å². The van der Waals surface area contributed by atoms with Crippen molar-refractivity contribution in [3.63, 3.8) is 0 Å². The lowest BCUT2D eigenvalue weighted by molar-refractivity contribution is 0.0996. The Hall–Kier alpha value is -4.05. The number of aromatic nitrogens is 1. The first-order valence-corrected chi connectivity index (χ1v) is 13.2. The number of ketones is 1. The average molecular weight is 594 g/mol. The van der Waals surface area contributed by atoms with Gasteiger partial charge >= 0.3 is 0 Å². The number of carbonyl (C=O) groups is 2. The molecule has 0 aliphatic carbocycles. The molecule has 1 aromatic heterocycles. The Morgan fingerprint density at radius 1 is 1.10 bits per heavy atom. The molecule has 0 spiro atoms. The number of pyridine rings is 1. The smallest absolute Gasteiger partial charge is 0.263 e. The Bertz CT molecular complexity index is 1620. The predicted octanol–water partition coefficient (Wildman–Crippen LogP) is 4.47. The third-order valence-corrected chi connectivity index (χ3v) is 8.00. The van der Waals surface area contributed by atoms with E-state index in [1.165, 1.54) is 4.57 Å². The summed E-state index contributed by atoms with van der Waals surface area (Å²) < 4.78 is 19.2. The van der Waals surface area contributed by atoms with Crippen molar-refractivity contribution in [1.29, 1.82) is 0 Å². The molecule has 0 saturated heterocycles. The lowest BCUT2D eigenvalue weighted by atomic mass is 10.0. The Kier molecular flexibility index (Phi) is 6.98. The van der Waals surface area contributed by atoms with Gasteiger partial charge in [-0.1, -0.05) is 12.1 Å². The van der Waals surface area contributed by atoms with Gasteiger partial charge < -0.3 is 29.0 Å². The lowest BCUT2D eigenvalue weighted by Crippen LogP contribution is -2.30. The minimum atomic E-state index is -0.525. The van der Waals surface area contributed by atoms with Gasteiger partial charge in [-0.25, -0.2) is 0 Å². The zero-order valence-electron chi connectivity index (χ0n) is 22.3. The van der Waals surface area contributed by atoms with Crippen molar-refractivity contribution >= 4 is 39.4 Å². The first kappa shape index (κ1) is 26.6. The number of nitrogens with zero attached hydrogens (tertiary/aromatic N) is 2. The number of halogens is 1. The topological polar surface area (TPSA) is 99.1 Å². The maximum absolute atomic E-state index is 13.8. The molecule has 1 N–H and O–H groups in total. The summed E-state index contributed by atoms with van der Waals surface area (Å²) in [5.41, 5.74) is 4.02. The van der Waals surface area contributed by atoms with Gasteiger partial charge in [0.1, 0.15) is 5.56 Å². The van der Waals surface area contributed by atoms with Crippen LogP contribution in [0.3, 0.4) is 0 Å². The highest BCUT2D eigenvalue weighted by atomic mass is 79.9. The highest BCUT2D eigenvalue weighted by molar-refractivity contribution is 9.10. The normalized spacial score (nSPS) is 13.9. The summed E-state index contributed by atoms with van der Waals surface area (Å²) in [5, 5.41) is 2.78. The number of Topliss-reactive ketones (excluding diaryl/α,β-unsaturated/α-hetero) is 1. The molecule has 202 valence electrons. The van der Waals surface area contributed by atoms with Gasteiger partial charge in [-0.2, -0.15) is 0 Å². The molecule has 0 saturated carbocycles. The van der Waals surface area contributed by atoms with Crippen LogP contribution in [-0.2, 0) is 13.5 Å². The number of anilines is 1. The minimum Gasteiger partial charge on any atom is -0.492 e. The molecule has 5 rings (SSSR count). The molecule has 2 aromatic carbocycles. The van der Waals surface area contributed by atoms with Crippen molar-refractivity contribution in [2.24, 2.45) is 7.05 Å². The number of hydrogen-bond acceptors (Lipinski definition) is 7. The highest BCUT2D eigenvalue weighted by Crippen LogP contribution is 2.51. The van der Waals surface area contributed by atoms with Crippen LogP contribution in [0.4, 0.5) is 5.69 Å². The van der Waals surface area contributed by atoms with E-state index >= 15 is 0 Å². The Balaban J connectivity index is 1.50. The van der Waals surface area contributed by atoms with Crippen LogP contribution < -0.4 is 25.1 Å². The van der Waals surface area contributed by atoms with Crippen LogP contribution in [0, 0.1) is 13.8 Å². The van der Waals surface area contributed by atoms with E-state index in [9.17, 15) is 14.4 Å². The number of rotatable bonds is 5. The first-order chi connectivity index (χ1) is 18.6. The Morgan fingerprint density at radius 2 is 1.85 bits per heavy atom. The molecule has 2 aliphatic rings. The molecule has 0 bridgehead atoms. The molecule has 3 aromatic rings. The fourth-order valence-corrected chi connectivity index (χ4v) is 5.65. The van der Waals surface area contributed by atoms with E-state index in [4.69, 9.17) is 14.2 Å². The summed E-state index contributed by atoms with van der Waals surface area (Å²) >= 11 is 3.65. The summed E-state index contributed by atoms with van der Waals surface area (Å²) in [4.78, 5) is 41.5. The van der Waals surface area contributed by atoms with Crippen LogP contribution in [0.5, 0.6) is 17.2 Å².